The van der Waals surface area contributed by atoms with Crippen molar-refractivity contribution in [1.82, 2.24) is 15.5 Å². The van der Waals surface area contributed by atoms with Crippen molar-refractivity contribution in [3.8, 4) is 6.07 Å². The van der Waals surface area contributed by atoms with Gasteiger partial charge in [-0.1, -0.05) is 40.8 Å². The van der Waals surface area contributed by atoms with Crippen LogP contribution in [0.1, 0.15) is 25.3 Å². The molecule has 2 aromatic rings. The van der Waals surface area contributed by atoms with Gasteiger partial charge in [-0.25, -0.2) is 0 Å². The Balaban J connectivity index is 1.50. The number of rotatable bonds is 7. The number of nitrogens with one attached hydrogen (secondary N) is 2. The highest BCUT2D eigenvalue weighted by Crippen LogP contribution is 2.39. The summed E-state index contributed by atoms with van der Waals surface area (Å²) in [6.45, 7) is 3.83. The standard InChI is InChI=1S/C17H19N5OS2/c1-11-3-7-13(8-4-11)19-15-21-22-16(25-15)24-9-14(23)20-17(2,10-18)12-5-6-12/h3-4,7-8,12H,5-6,9H2,1-2H3,(H,19,21)(H,20,23)/t17-/m0/s1. The Morgan fingerprint density at radius 1 is 1.40 bits per heavy atom. The highest BCUT2D eigenvalue weighted by atomic mass is 32.2. The molecular formula is C17H19N5OS2. The molecule has 0 radical (unpaired) electrons. The zero-order chi connectivity index (χ0) is 17.9. The molecule has 1 fully saturated rings. The molecule has 1 aliphatic rings. The summed E-state index contributed by atoms with van der Waals surface area (Å²) in [6, 6.07) is 10.2. The van der Waals surface area contributed by atoms with Crippen molar-refractivity contribution >= 4 is 39.8 Å². The Hall–Kier alpha value is -2.11. The topological polar surface area (TPSA) is 90.7 Å². The van der Waals surface area contributed by atoms with Gasteiger partial charge >= 0.3 is 0 Å². The number of nitrogens with zero attached hydrogens (tertiary/aromatic N) is 3. The number of thioether (sulfide) groups is 1. The molecule has 0 spiro atoms. The summed E-state index contributed by atoms with van der Waals surface area (Å²) in [5, 5.41) is 24.2. The van der Waals surface area contributed by atoms with Crippen molar-refractivity contribution in [1.29, 1.82) is 5.26 Å². The fraction of sp³-hybridized carbons (Fsp3) is 0.412. The first-order valence-electron chi connectivity index (χ1n) is 8.01. The SMILES string of the molecule is Cc1ccc(Nc2nnc(SCC(=O)N[C@@](C)(C#N)C3CC3)s2)cc1. The number of aromatic nitrogens is 2. The average molecular weight is 374 g/mol. The van der Waals surface area contributed by atoms with Crippen LogP contribution in [0.4, 0.5) is 10.8 Å². The zero-order valence-electron chi connectivity index (χ0n) is 14.1. The lowest BCUT2D eigenvalue weighted by Crippen LogP contribution is -2.47. The third-order valence-corrected chi connectivity index (χ3v) is 6.03. The van der Waals surface area contributed by atoms with E-state index in [4.69, 9.17) is 0 Å². The predicted octanol–water partition coefficient (Wildman–Crippen LogP) is 3.49. The third-order valence-electron chi connectivity index (χ3n) is 4.06. The van der Waals surface area contributed by atoms with Crippen LogP contribution in [-0.2, 0) is 4.79 Å². The van der Waals surface area contributed by atoms with Crippen molar-refractivity contribution in [2.24, 2.45) is 5.92 Å². The van der Waals surface area contributed by atoms with Gasteiger partial charge < -0.3 is 10.6 Å². The van der Waals surface area contributed by atoms with Gasteiger partial charge in [0.1, 0.15) is 5.54 Å². The number of nitriles is 1. The second-order valence-corrected chi connectivity index (χ2v) is 8.49. The highest BCUT2D eigenvalue weighted by molar-refractivity contribution is 8.01. The summed E-state index contributed by atoms with van der Waals surface area (Å²) in [4.78, 5) is 12.1. The Labute approximate surface area is 155 Å². The minimum Gasteiger partial charge on any atom is -0.337 e. The van der Waals surface area contributed by atoms with E-state index in [-0.39, 0.29) is 17.6 Å². The lowest BCUT2D eigenvalue weighted by Gasteiger charge is -2.22. The largest absolute Gasteiger partial charge is 0.337 e. The first kappa shape index (κ1) is 17.7. The van der Waals surface area contributed by atoms with E-state index < -0.39 is 5.54 Å². The molecule has 1 heterocycles. The van der Waals surface area contributed by atoms with Gasteiger partial charge in [-0.15, -0.1) is 10.2 Å². The summed E-state index contributed by atoms with van der Waals surface area (Å²) in [5.41, 5.74) is 1.39. The first-order chi connectivity index (χ1) is 12.0. The number of aryl methyl sites for hydroxylation is 1. The Morgan fingerprint density at radius 2 is 2.12 bits per heavy atom. The predicted molar refractivity (Wildman–Crippen MR) is 100.0 cm³/mol. The molecule has 1 aliphatic carbocycles. The number of hydrogen-bond donors (Lipinski definition) is 2. The van der Waals surface area contributed by atoms with Crippen LogP contribution in [0.25, 0.3) is 0 Å². The van der Waals surface area contributed by atoms with E-state index in [2.05, 4.69) is 26.9 Å². The van der Waals surface area contributed by atoms with E-state index in [0.717, 1.165) is 22.9 Å². The van der Waals surface area contributed by atoms with Crippen molar-refractivity contribution in [3.63, 3.8) is 0 Å². The molecule has 0 aliphatic heterocycles. The lowest BCUT2D eigenvalue weighted by atomic mass is 9.98. The molecule has 1 saturated carbocycles. The zero-order valence-corrected chi connectivity index (χ0v) is 15.7. The van der Waals surface area contributed by atoms with Crippen molar-refractivity contribution in [2.45, 2.75) is 36.6 Å². The summed E-state index contributed by atoms with van der Waals surface area (Å²) in [6.07, 6.45) is 2.00. The normalized spacial score (nSPS) is 15.9. The van der Waals surface area contributed by atoms with E-state index in [9.17, 15) is 10.1 Å². The molecule has 1 aromatic heterocycles. The fourth-order valence-electron chi connectivity index (χ4n) is 2.41. The summed E-state index contributed by atoms with van der Waals surface area (Å²) in [5.74, 6) is 0.353. The van der Waals surface area contributed by atoms with Gasteiger partial charge in [0.25, 0.3) is 0 Å². The van der Waals surface area contributed by atoms with Crippen molar-refractivity contribution in [3.05, 3.63) is 29.8 Å². The van der Waals surface area contributed by atoms with Gasteiger partial charge in [0.2, 0.25) is 11.0 Å². The molecule has 2 N–H and O–H groups in total. The molecular weight excluding hydrogens is 354 g/mol. The van der Waals surface area contributed by atoms with Crippen molar-refractivity contribution in [2.75, 3.05) is 11.1 Å². The molecule has 8 heteroatoms. The van der Waals surface area contributed by atoms with Crippen molar-refractivity contribution < 1.29 is 4.79 Å². The Bertz CT molecular complexity index is 794. The number of amides is 1. The van der Waals surface area contributed by atoms with E-state index in [0.29, 0.717) is 5.13 Å². The van der Waals surface area contributed by atoms with Gasteiger partial charge in [-0.2, -0.15) is 5.26 Å². The second kappa shape index (κ2) is 7.42. The quantitative estimate of drug-likeness (QED) is 0.722. The van der Waals surface area contributed by atoms with Crippen LogP contribution < -0.4 is 10.6 Å². The smallest absolute Gasteiger partial charge is 0.231 e. The molecule has 6 nitrogen and oxygen atoms in total. The number of carbonyl (C=O) groups excluding carboxylic acids is 1. The third kappa shape index (κ3) is 4.71. The monoisotopic (exact) mass is 373 g/mol. The van der Waals surface area contributed by atoms with Crippen LogP contribution in [0.2, 0.25) is 0 Å². The maximum absolute atomic E-state index is 12.1. The van der Waals surface area contributed by atoms with E-state index in [1.807, 2.05) is 31.2 Å². The molecule has 0 bridgehead atoms. The molecule has 0 unspecified atom stereocenters. The Kier molecular flexibility index (Phi) is 5.25. The van der Waals surface area contributed by atoms with Crippen LogP contribution in [0.3, 0.4) is 0 Å². The summed E-state index contributed by atoms with van der Waals surface area (Å²) in [7, 11) is 0. The molecule has 25 heavy (non-hydrogen) atoms. The van der Waals surface area contributed by atoms with E-state index in [1.54, 1.807) is 6.92 Å². The fourth-order valence-corrected chi connectivity index (χ4v) is 3.99. The van der Waals surface area contributed by atoms with Crippen LogP contribution in [-0.4, -0.2) is 27.4 Å². The van der Waals surface area contributed by atoms with Crippen LogP contribution in [0.5, 0.6) is 0 Å². The second-order valence-electron chi connectivity index (χ2n) is 6.29. The summed E-state index contributed by atoms with van der Waals surface area (Å²) >= 11 is 2.73. The molecule has 1 amide bonds. The van der Waals surface area contributed by atoms with Gasteiger partial charge in [-0.05, 0) is 44.7 Å². The van der Waals surface area contributed by atoms with Crippen LogP contribution in [0, 0.1) is 24.2 Å². The van der Waals surface area contributed by atoms with Gasteiger partial charge in [0.05, 0.1) is 11.8 Å². The van der Waals surface area contributed by atoms with E-state index >= 15 is 0 Å². The molecule has 1 aromatic carbocycles. The average Bonchev–Trinajstić information content (AvgIpc) is 3.37. The maximum atomic E-state index is 12.1. The maximum Gasteiger partial charge on any atom is 0.231 e. The van der Waals surface area contributed by atoms with E-state index in [1.165, 1.54) is 28.7 Å². The molecule has 3 rings (SSSR count). The minimum absolute atomic E-state index is 0.149. The molecule has 130 valence electrons. The van der Waals surface area contributed by atoms with Crippen LogP contribution >= 0.6 is 23.1 Å². The lowest BCUT2D eigenvalue weighted by molar-refractivity contribution is -0.119. The molecule has 0 saturated heterocycles. The first-order valence-corrected chi connectivity index (χ1v) is 9.81. The van der Waals surface area contributed by atoms with Gasteiger partial charge in [0.15, 0.2) is 4.34 Å². The number of carbonyl (C=O) groups is 1. The summed E-state index contributed by atoms with van der Waals surface area (Å²) < 4.78 is 0.717. The number of hydrogen-bond acceptors (Lipinski definition) is 7. The van der Waals surface area contributed by atoms with Gasteiger partial charge in [-0.3, -0.25) is 4.79 Å². The van der Waals surface area contributed by atoms with Crippen LogP contribution in [0.15, 0.2) is 28.6 Å². The number of benzene rings is 1. The Morgan fingerprint density at radius 3 is 2.76 bits per heavy atom. The minimum atomic E-state index is -0.753. The van der Waals surface area contributed by atoms with Gasteiger partial charge in [0, 0.05) is 5.69 Å². The molecule has 1 atom stereocenters. The highest BCUT2D eigenvalue weighted by Gasteiger charge is 2.42. The number of anilines is 2.